The largest absolute Gasteiger partial charge is 0.416 e. The van der Waals surface area contributed by atoms with Crippen LogP contribution in [-0.4, -0.2) is 40.8 Å². The maximum Gasteiger partial charge on any atom is 0.416 e. The van der Waals surface area contributed by atoms with E-state index in [0.717, 1.165) is 6.07 Å². The van der Waals surface area contributed by atoms with Gasteiger partial charge in [-0.3, -0.25) is 9.69 Å². The monoisotopic (exact) mass is 334 g/mol. The van der Waals surface area contributed by atoms with Crippen LogP contribution in [0.15, 0.2) is 18.2 Å². The van der Waals surface area contributed by atoms with Crippen molar-refractivity contribution < 1.29 is 18.0 Å². The maximum atomic E-state index is 12.9. The lowest BCUT2D eigenvalue weighted by atomic mass is 10.0. The van der Waals surface area contributed by atoms with Crippen LogP contribution in [0, 0.1) is 6.92 Å². The van der Waals surface area contributed by atoms with Crippen molar-refractivity contribution in [1.29, 1.82) is 0 Å². The van der Waals surface area contributed by atoms with Crippen molar-refractivity contribution in [3.05, 3.63) is 34.9 Å². The number of rotatable bonds is 2. The molecule has 122 valence electrons. The summed E-state index contributed by atoms with van der Waals surface area (Å²) in [6.07, 6.45) is -4.34. The van der Waals surface area contributed by atoms with Crippen molar-refractivity contribution in [2.24, 2.45) is 0 Å². The predicted octanol–water partition coefficient (Wildman–Crippen LogP) is 3.88. The molecule has 0 aromatic heterocycles. The molecule has 1 aliphatic heterocycles. The standard InChI is InChI=1S/C15H18ClF3N2O/c1-10-8-20(6-7-21(10)14(16)22)9-12-4-3-5-13(11(12)2)15(17,18)19/h3-5,10H,6-9H2,1-2H3. The van der Waals surface area contributed by atoms with Gasteiger partial charge in [-0.05, 0) is 42.6 Å². The fraction of sp³-hybridized carbons (Fsp3) is 0.533. The highest BCUT2D eigenvalue weighted by Gasteiger charge is 2.33. The fourth-order valence-corrected chi connectivity index (χ4v) is 3.09. The van der Waals surface area contributed by atoms with Crippen molar-refractivity contribution in [3.63, 3.8) is 0 Å². The van der Waals surface area contributed by atoms with E-state index < -0.39 is 17.1 Å². The van der Waals surface area contributed by atoms with E-state index in [2.05, 4.69) is 0 Å². The Labute approximate surface area is 132 Å². The Kier molecular flexibility index (Phi) is 5.02. The molecule has 1 aromatic rings. The third-order valence-corrected chi connectivity index (χ3v) is 4.30. The van der Waals surface area contributed by atoms with Gasteiger partial charge < -0.3 is 4.90 Å². The van der Waals surface area contributed by atoms with Gasteiger partial charge in [0.25, 0.3) is 0 Å². The molecule has 1 atom stereocenters. The average Bonchev–Trinajstić information content (AvgIpc) is 2.39. The first-order chi connectivity index (χ1) is 10.2. The zero-order valence-electron chi connectivity index (χ0n) is 12.5. The molecule has 0 N–H and O–H groups in total. The van der Waals surface area contributed by atoms with Crippen LogP contribution >= 0.6 is 11.6 Å². The molecule has 1 amide bonds. The van der Waals surface area contributed by atoms with Crippen LogP contribution in [0.3, 0.4) is 0 Å². The Morgan fingerprint density at radius 1 is 1.36 bits per heavy atom. The first kappa shape index (κ1) is 17.1. The van der Waals surface area contributed by atoms with Gasteiger partial charge in [0.05, 0.1) is 5.56 Å². The van der Waals surface area contributed by atoms with Gasteiger partial charge in [-0.1, -0.05) is 12.1 Å². The number of amides is 1. The lowest BCUT2D eigenvalue weighted by molar-refractivity contribution is -0.138. The number of nitrogens with zero attached hydrogens (tertiary/aromatic N) is 2. The lowest BCUT2D eigenvalue weighted by Gasteiger charge is -2.39. The molecule has 1 aromatic carbocycles. The van der Waals surface area contributed by atoms with Gasteiger partial charge in [-0.2, -0.15) is 13.2 Å². The summed E-state index contributed by atoms with van der Waals surface area (Å²) in [5.41, 5.74) is 0.332. The van der Waals surface area contributed by atoms with E-state index in [-0.39, 0.29) is 11.6 Å². The summed E-state index contributed by atoms with van der Waals surface area (Å²) in [5.74, 6) is 0. The summed E-state index contributed by atoms with van der Waals surface area (Å²) in [7, 11) is 0. The number of carbonyl (C=O) groups excluding carboxylic acids is 1. The van der Waals surface area contributed by atoms with Crippen LogP contribution in [0.1, 0.15) is 23.6 Å². The summed E-state index contributed by atoms with van der Waals surface area (Å²) in [6, 6.07) is 4.21. The molecule has 1 saturated heterocycles. The van der Waals surface area contributed by atoms with Gasteiger partial charge in [-0.25, -0.2) is 0 Å². The van der Waals surface area contributed by atoms with Crippen LogP contribution in [0.5, 0.6) is 0 Å². The van der Waals surface area contributed by atoms with Gasteiger partial charge in [0, 0.05) is 32.2 Å². The van der Waals surface area contributed by atoms with Gasteiger partial charge in [0.1, 0.15) is 0 Å². The van der Waals surface area contributed by atoms with E-state index in [4.69, 9.17) is 11.6 Å². The van der Waals surface area contributed by atoms with E-state index in [1.54, 1.807) is 11.0 Å². The highest BCUT2D eigenvalue weighted by atomic mass is 35.5. The second kappa shape index (κ2) is 6.46. The molecule has 0 saturated carbocycles. The molecule has 2 rings (SSSR count). The number of carbonyl (C=O) groups is 1. The topological polar surface area (TPSA) is 23.6 Å². The molecule has 0 spiro atoms. The number of alkyl halides is 3. The maximum absolute atomic E-state index is 12.9. The minimum absolute atomic E-state index is 0.0511. The SMILES string of the molecule is Cc1c(CN2CCN(C(=O)Cl)C(C)C2)cccc1C(F)(F)F. The number of hydrogen-bond donors (Lipinski definition) is 0. The molecule has 0 bridgehead atoms. The summed E-state index contributed by atoms with van der Waals surface area (Å²) < 4.78 is 38.8. The Bertz CT molecular complexity index is 562. The Morgan fingerprint density at radius 3 is 2.59 bits per heavy atom. The van der Waals surface area contributed by atoms with Gasteiger partial charge in [0.15, 0.2) is 0 Å². The van der Waals surface area contributed by atoms with Crippen molar-refractivity contribution in [2.45, 2.75) is 32.6 Å². The quantitative estimate of drug-likeness (QED) is 0.605. The molecule has 1 fully saturated rings. The van der Waals surface area contributed by atoms with E-state index >= 15 is 0 Å². The molecule has 7 heteroatoms. The van der Waals surface area contributed by atoms with Crippen molar-refractivity contribution in [3.8, 4) is 0 Å². The van der Waals surface area contributed by atoms with E-state index in [1.807, 2.05) is 11.8 Å². The normalized spacial score (nSPS) is 20.3. The van der Waals surface area contributed by atoms with Gasteiger partial charge in [0.2, 0.25) is 0 Å². The molecular formula is C15H18ClF3N2O. The molecule has 0 radical (unpaired) electrons. The Hall–Kier alpha value is -1.27. The van der Waals surface area contributed by atoms with Crippen LogP contribution in [0.4, 0.5) is 18.0 Å². The van der Waals surface area contributed by atoms with Gasteiger partial charge >= 0.3 is 11.5 Å². The molecule has 3 nitrogen and oxygen atoms in total. The van der Waals surface area contributed by atoms with Crippen molar-refractivity contribution in [2.75, 3.05) is 19.6 Å². The van der Waals surface area contributed by atoms with Crippen molar-refractivity contribution >= 4 is 17.0 Å². The number of hydrogen-bond acceptors (Lipinski definition) is 2. The van der Waals surface area contributed by atoms with Crippen LogP contribution < -0.4 is 0 Å². The highest BCUT2D eigenvalue weighted by molar-refractivity contribution is 6.62. The Morgan fingerprint density at radius 2 is 2.05 bits per heavy atom. The fourth-order valence-electron chi connectivity index (χ4n) is 2.84. The minimum Gasteiger partial charge on any atom is -0.324 e. The third-order valence-electron chi connectivity index (χ3n) is 4.08. The zero-order chi connectivity index (χ0) is 16.5. The summed E-state index contributed by atoms with van der Waals surface area (Å²) >= 11 is 5.50. The number of benzene rings is 1. The Balaban J connectivity index is 2.11. The van der Waals surface area contributed by atoms with E-state index in [9.17, 15) is 18.0 Å². The van der Waals surface area contributed by atoms with E-state index in [1.165, 1.54) is 13.0 Å². The predicted molar refractivity (Wildman–Crippen MR) is 78.9 cm³/mol. The number of piperazine rings is 1. The first-order valence-electron chi connectivity index (χ1n) is 7.04. The molecule has 0 aliphatic carbocycles. The molecule has 1 unspecified atom stereocenters. The summed E-state index contributed by atoms with van der Waals surface area (Å²) in [6.45, 7) is 5.49. The average molecular weight is 335 g/mol. The molecular weight excluding hydrogens is 317 g/mol. The second-order valence-corrected chi connectivity index (χ2v) is 5.94. The molecule has 22 heavy (non-hydrogen) atoms. The smallest absolute Gasteiger partial charge is 0.324 e. The zero-order valence-corrected chi connectivity index (χ0v) is 13.2. The lowest BCUT2D eigenvalue weighted by Crippen LogP contribution is -2.52. The molecule has 1 heterocycles. The van der Waals surface area contributed by atoms with E-state index in [0.29, 0.717) is 31.7 Å². The van der Waals surface area contributed by atoms with Crippen LogP contribution in [-0.2, 0) is 12.7 Å². The third kappa shape index (κ3) is 3.73. The first-order valence-corrected chi connectivity index (χ1v) is 7.42. The summed E-state index contributed by atoms with van der Waals surface area (Å²) in [4.78, 5) is 14.8. The second-order valence-electron chi connectivity index (χ2n) is 5.62. The highest BCUT2D eigenvalue weighted by Crippen LogP contribution is 2.33. The summed E-state index contributed by atoms with van der Waals surface area (Å²) in [5, 5.41) is -0.484. The number of halogens is 4. The van der Waals surface area contributed by atoms with Crippen molar-refractivity contribution in [1.82, 2.24) is 9.80 Å². The minimum atomic E-state index is -4.34. The van der Waals surface area contributed by atoms with Crippen LogP contribution in [0.2, 0.25) is 0 Å². The van der Waals surface area contributed by atoms with Crippen LogP contribution in [0.25, 0.3) is 0 Å². The molecule has 1 aliphatic rings. The van der Waals surface area contributed by atoms with Gasteiger partial charge in [-0.15, -0.1) is 0 Å².